The van der Waals surface area contributed by atoms with E-state index in [0.29, 0.717) is 0 Å². The predicted molar refractivity (Wildman–Crippen MR) is 83.0 cm³/mol. The number of hydrazine groups is 1. The van der Waals surface area contributed by atoms with Crippen LogP contribution < -0.4 is 11.3 Å². The van der Waals surface area contributed by atoms with Gasteiger partial charge >= 0.3 is 0 Å². The summed E-state index contributed by atoms with van der Waals surface area (Å²) >= 11 is 7.58. The van der Waals surface area contributed by atoms with Gasteiger partial charge in [-0.2, -0.15) is 0 Å². The second-order valence-electron chi connectivity index (χ2n) is 4.92. The topological polar surface area (TPSA) is 47.3 Å². The fourth-order valence-electron chi connectivity index (χ4n) is 2.69. The average molecular weight is 309 g/mol. The van der Waals surface area contributed by atoms with Crippen molar-refractivity contribution >= 4 is 22.9 Å². The molecule has 106 valence electrons. The lowest BCUT2D eigenvalue weighted by Crippen LogP contribution is -2.43. The summed E-state index contributed by atoms with van der Waals surface area (Å²) in [6.07, 6.45) is 1.77. The van der Waals surface area contributed by atoms with Crippen LogP contribution in [0.25, 0.3) is 0 Å². The maximum atomic E-state index is 5.99. The van der Waals surface area contributed by atoms with E-state index in [4.69, 9.17) is 22.2 Å². The van der Waals surface area contributed by atoms with Gasteiger partial charge in [0.25, 0.3) is 0 Å². The summed E-state index contributed by atoms with van der Waals surface area (Å²) in [7, 11) is 0. The van der Waals surface area contributed by atoms with Crippen LogP contribution in [0.5, 0.6) is 0 Å². The molecular formula is C15H17ClN2OS. The maximum absolute atomic E-state index is 5.99. The number of halogens is 1. The predicted octanol–water partition coefficient (Wildman–Crippen LogP) is 3.09. The Hall–Kier alpha value is -0.910. The fraction of sp³-hybridized carbons (Fsp3) is 0.333. The number of thiophene rings is 1. The highest BCUT2D eigenvalue weighted by Crippen LogP contribution is 2.32. The zero-order valence-corrected chi connectivity index (χ0v) is 12.6. The smallest absolute Gasteiger partial charge is 0.0997 e. The van der Waals surface area contributed by atoms with E-state index in [1.54, 1.807) is 11.3 Å². The molecule has 0 radical (unpaired) electrons. The molecule has 1 aliphatic heterocycles. The van der Waals surface area contributed by atoms with Crippen LogP contribution in [0, 0.1) is 0 Å². The Balaban J connectivity index is 1.83. The quantitative estimate of drug-likeness (QED) is 0.674. The van der Waals surface area contributed by atoms with Gasteiger partial charge in [-0.3, -0.25) is 11.3 Å². The first kappa shape index (κ1) is 14.0. The van der Waals surface area contributed by atoms with Crippen molar-refractivity contribution in [1.29, 1.82) is 0 Å². The van der Waals surface area contributed by atoms with Crippen LogP contribution in [0.3, 0.4) is 0 Å². The third kappa shape index (κ3) is 2.90. The molecule has 20 heavy (non-hydrogen) atoms. The summed E-state index contributed by atoms with van der Waals surface area (Å²) in [5.74, 6) is 5.76. The van der Waals surface area contributed by atoms with Crippen molar-refractivity contribution in [2.24, 2.45) is 5.84 Å². The Kier molecular flexibility index (Phi) is 4.38. The monoisotopic (exact) mass is 308 g/mol. The van der Waals surface area contributed by atoms with Crippen LogP contribution in [0.1, 0.15) is 22.1 Å². The zero-order valence-electron chi connectivity index (χ0n) is 11.0. The van der Waals surface area contributed by atoms with E-state index in [1.165, 1.54) is 16.0 Å². The van der Waals surface area contributed by atoms with Gasteiger partial charge in [-0.15, -0.1) is 11.3 Å². The zero-order chi connectivity index (χ0) is 13.9. The SMILES string of the molecule is NNC(Cc1ccc(Cl)s1)C1OCCc2ccccc21. The number of nitrogens with two attached hydrogens (primary N) is 1. The van der Waals surface area contributed by atoms with E-state index < -0.39 is 0 Å². The summed E-state index contributed by atoms with van der Waals surface area (Å²) in [4.78, 5) is 1.21. The van der Waals surface area contributed by atoms with Gasteiger partial charge in [0.1, 0.15) is 0 Å². The minimum absolute atomic E-state index is 0.00849. The van der Waals surface area contributed by atoms with Gasteiger partial charge in [-0.1, -0.05) is 35.9 Å². The molecule has 2 atom stereocenters. The lowest BCUT2D eigenvalue weighted by atomic mass is 9.92. The van der Waals surface area contributed by atoms with Crippen LogP contribution >= 0.6 is 22.9 Å². The number of hydrogen-bond donors (Lipinski definition) is 2. The van der Waals surface area contributed by atoms with Gasteiger partial charge < -0.3 is 4.74 Å². The molecule has 0 bridgehead atoms. The van der Waals surface area contributed by atoms with Crippen molar-refractivity contribution < 1.29 is 4.74 Å². The number of nitrogens with one attached hydrogen (secondary N) is 1. The lowest BCUT2D eigenvalue weighted by molar-refractivity contribution is 0.0156. The Bertz CT molecular complexity index is 587. The summed E-state index contributed by atoms with van der Waals surface area (Å²) in [5.41, 5.74) is 5.50. The average Bonchev–Trinajstić information content (AvgIpc) is 2.89. The summed E-state index contributed by atoms with van der Waals surface area (Å²) in [6, 6.07) is 12.4. The third-order valence-electron chi connectivity index (χ3n) is 3.66. The van der Waals surface area contributed by atoms with Crippen molar-refractivity contribution in [1.82, 2.24) is 5.43 Å². The van der Waals surface area contributed by atoms with Gasteiger partial charge in [0.05, 0.1) is 23.1 Å². The first-order chi connectivity index (χ1) is 9.78. The molecule has 1 aromatic carbocycles. The summed E-state index contributed by atoms with van der Waals surface area (Å²) in [5, 5.41) is 0. The first-order valence-electron chi connectivity index (χ1n) is 6.67. The molecule has 1 aliphatic rings. The van der Waals surface area contributed by atoms with E-state index in [0.717, 1.165) is 23.8 Å². The third-order valence-corrected chi connectivity index (χ3v) is 4.91. The molecule has 0 fully saturated rings. The number of ether oxygens (including phenoxy) is 1. The number of hydrogen-bond acceptors (Lipinski definition) is 4. The molecule has 2 unspecified atom stereocenters. The molecule has 0 aliphatic carbocycles. The second kappa shape index (κ2) is 6.24. The Labute approximate surface area is 127 Å². The molecule has 1 aromatic heterocycles. The van der Waals surface area contributed by atoms with Gasteiger partial charge in [0, 0.05) is 11.3 Å². The van der Waals surface area contributed by atoms with Crippen LogP contribution in [-0.4, -0.2) is 12.6 Å². The van der Waals surface area contributed by atoms with Gasteiger partial charge in [0.15, 0.2) is 0 Å². The number of benzene rings is 1. The minimum Gasteiger partial charge on any atom is -0.371 e. The van der Waals surface area contributed by atoms with Crippen molar-refractivity contribution in [3.05, 3.63) is 56.7 Å². The van der Waals surface area contributed by atoms with Crippen LogP contribution in [0.2, 0.25) is 4.34 Å². The molecule has 0 spiro atoms. The maximum Gasteiger partial charge on any atom is 0.0997 e. The van der Waals surface area contributed by atoms with Crippen LogP contribution in [0.15, 0.2) is 36.4 Å². The highest BCUT2D eigenvalue weighted by Gasteiger charge is 2.28. The highest BCUT2D eigenvalue weighted by molar-refractivity contribution is 7.16. The minimum atomic E-state index is -0.00849. The lowest BCUT2D eigenvalue weighted by Gasteiger charge is -2.32. The molecular weight excluding hydrogens is 292 g/mol. The van der Waals surface area contributed by atoms with Crippen LogP contribution in [0.4, 0.5) is 0 Å². The summed E-state index contributed by atoms with van der Waals surface area (Å²) in [6.45, 7) is 0.741. The first-order valence-corrected chi connectivity index (χ1v) is 7.87. The highest BCUT2D eigenvalue weighted by atomic mass is 35.5. The standard InChI is InChI=1S/C15H17ClN2OS/c16-14-6-5-11(20-14)9-13(18-17)15-12-4-2-1-3-10(12)7-8-19-15/h1-6,13,15,18H,7-9,17H2. The molecule has 0 saturated heterocycles. The van der Waals surface area contributed by atoms with Gasteiger partial charge in [-0.05, 0) is 29.7 Å². The Morgan fingerprint density at radius 2 is 2.20 bits per heavy atom. The van der Waals surface area contributed by atoms with E-state index >= 15 is 0 Å². The molecule has 3 N–H and O–H groups in total. The number of rotatable bonds is 4. The van der Waals surface area contributed by atoms with Crippen molar-refractivity contribution in [3.63, 3.8) is 0 Å². The summed E-state index contributed by atoms with van der Waals surface area (Å²) < 4.78 is 6.77. The van der Waals surface area contributed by atoms with Crippen LogP contribution in [-0.2, 0) is 17.6 Å². The second-order valence-corrected chi connectivity index (χ2v) is 6.72. The molecule has 0 amide bonds. The molecule has 3 nitrogen and oxygen atoms in total. The van der Waals surface area contributed by atoms with E-state index in [2.05, 4.69) is 29.7 Å². The largest absolute Gasteiger partial charge is 0.371 e. The van der Waals surface area contributed by atoms with E-state index in [1.807, 2.05) is 12.1 Å². The van der Waals surface area contributed by atoms with E-state index in [-0.39, 0.29) is 12.1 Å². The molecule has 3 rings (SSSR count). The fourth-order valence-corrected chi connectivity index (χ4v) is 3.84. The molecule has 2 aromatic rings. The van der Waals surface area contributed by atoms with Gasteiger partial charge in [0.2, 0.25) is 0 Å². The van der Waals surface area contributed by atoms with Crippen molar-refractivity contribution in [3.8, 4) is 0 Å². The molecule has 0 saturated carbocycles. The normalized spacial score (nSPS) is 19.6. The Morgan fingerprint density at radius 3 is 2.95 bits per heavy atom. The van der Waals surface area contributed by atoms with E-state index in [9.17, 15) is 0 Å². The van der Waals surface area contributed by atoms with Crippen molar-refractivity contribution in [2.75, 3.05) is 6.61 Å². The molecule has 2 heterocycles. The Morgan fingerprint density at radius 1 is 1.35 bits per heavy atom. The van der Waals surface area contributed by atoms with Gasteiger partial charge in [-0.25, -0.2) is 0 Å². The number of fused-ring (bicyclic) bond motifs is 1. The molecule has 5 heteroatoms. The van der Waals surface area contributed by atoms with Crippen molar-refractivity contribution in [2.45, 2.75) is 25.0 Å².